The van der Waals surface area contributed by atoms with Crippen LogP contribution in [0.4, 0.5) is 0 Å². The van der Waals surface area contributed by atoms with Gasteiger partial charge >= 0.3 is 0 Å². The maximum Gasteiger partial charge on any atom is -0.00498 e. The predicted octanol–water partition coefficient (Wildman–Crippen LogP) is 3.72. The molecule has 1 aliphatic rings. The molecule has 1 unspecified atom stereocenters. The minimum atomic E-state index is 0.637. The third-order valence-corrected chi connectivity index (χ3v) is 2.32. The van der Waals surface area contributed by atoms with Crippen molar-refractivity contribution < 1.29 is 0 Å². The van der Waals surface area contributed by atoms with Crippen molar-refractivity contribution in [3.05, 3.63) is 36.0 Å². The van der Waals surface area contributed by atoms with Crippen LogP contribution >= 0.6 is 0 Å². The summed E-state index contributed by atoms with van der Waals surface area (Å²) in [4.78, 5) is 0. The summed E-state index contributed by atoms with van der Waals surface area (Å²) in [6.45, 7) is 6.69. The fourth-order valence-electron chi connectivity index (χ4n) is 1.32. The molecule has 0 aliphatic heterocycles. The first kappa shape index (κ1) is 9.31. The van der Waals surface area contributed by atoms with Crippen LogP contribution in [-0.2, 0) is 0 Å². The Kier molecular flexibility index (Phi) is 3.33. The van der Waals surface area contributed by atoms with E-state index in [0.717, 1.165) is 0 Å². The number of allylic oxidation sites excluding steroid dienone is 6. The molecule has 0 saturated carbocycles. The fraction of sp³-hybridized carbons (Fsp3) is 0.500. The minimum Gasteiger partial charge on any atom is -0.0776 e. The van der Waals surface area contributed by atoms with E-state index >= 15 is 0 Å². The number of hydrogen-bond donors (Lipinski definition) is 0. The lowest BCUT2D eigenvalue weighted by atomic mass is 10.0. The number of rotatable bonds is 2. The molecular weight excluding hydrogens is 144 g/mol. The monoisotopic (exact) mass is 162 g/mol. The lowest BCUT2D eigenvalue weighted by Gasteiger charge is -2.04. The van der Waals surface area contributed by atoms with E-state index in [-0.39, 0.29) is 0 Å². The molecule has 0 heteroatoms. The Morgan fingerprint density at radius 3 is 2.67 bits per heavy atom. The second-order valence-corrected chi connectivity index (χ2v) is 3.64. The van der Waals surface area contributed by atoms with Crippen molar-refractivity contribution in [1.29, 1.82) is 0 Å². The van der Waals surface area contributed by atoms with E-state index in [1.54, 1.807) is 0 Å². The van der Waals surface area contributed by atoms with E-state index in [1.807, 2.05) is 0 Å². The first-order valence-electron chi connectivity index (χ1n) is 4.80. The largest absolute Gasteiger partial charge is 0.0776 e. The highest BCUT2D eigenvalue weighted by molar-refractivity contribution is 5.29. The molecule has 0 fully saturated rings. The lowest BCUT2D eigenvalue weighted by molar-refractivity contribution is 0.766. The van der Waals surface area contributed by atoms with Crippen molar-refractivity contribution in [3.8, 4) is 0 Å². The molecule has 12 heavy (non-hydrogen) atoms. The van der Waals surface area contributed by atoms with Crippen LogP contribution in [0.15, 0.2) is 36.0 Å². The lowest BCUT2D eigenvalue weighted by Crippen LogP contribution is -1.90. The van der Waals surface area contributed by atoms with Gasteiger partial charge in [-0.15, -0.1) is 0 Å². The van der Waals surface area contributed by atoms with Crippen molar-refractivity contribution in [2.24, 2.45) is 11.8 Å². The summed E-state index contributed by atoms with van der Waals surface area (Å²) < 4.78 is 0. The first-order valence-corrected chi connectivity index (χ1v) is 4.80. The standard InChI is InChI=1S/C12H18/c1-4-11-6-5-7-12(9-8-11)10(2)3/h5-11H,4H2,1-3H3. The third-order valence-electron chi connectivity index (χ3n) is 2.32. The zero-order chi connectivity index (χ0) is 8.97. The van der Waals surface area contributed by atoms with Gasteiger partial charge in [0.2, 0.25) is 0 Å². The molecule has 66 valence electrons. The van der Waals surface area contributed by atoms with Crippen LogP contribution in [0.3, 0.4) is 0 Å². The Hall–Kier alpha value is -0.780. The van der Waals surface area contributed by atoms with Crippen LogP contribution in [-0.4, -0.2) is 0 Å². The second kappa shape index (κ2) is 4.30. The molecule has 0 aromatic carbocycles. The van der Waals surface area contributed by atoms with E-state index in [0.29, 0.717) is 11.8 Å². The van der Waals surface area contributed by atoms with Gasteiger partial charge in [-0.1, -0.05) is 51.2 Å². The van der Waals surface area contributed by atoms with Gasteiger partial charge in [0.1, 0.15) is 0 Å². The molecule has 0 bridgehead atoms. The Morgan fingerprint density at radius 1 is 1.33 bits per heavy atom. The quantitative estimate of drug-likeness (QED) is 0.580. The molecule has 1 rings (SSSR count). The van der Waals surface area contributed by atoms with Crippen LogP contribution in [0.5, 0.6) is 0 Å². The van der Waals surface area contributed by atoms with Crippen LogP contribution < -0.4 is 0 Å². The van der Waals surface area contributed by atoms with E-state index in [9.17, 15) is 0 Å². The van der Waals surface area contributed by atoms with Crippen molar-refractivity contribution in [2.45, 2.75) is 27.2 Å². The maximum atomic E-state index is 2.30. The Balaban J connectivity index is 2.72. The topological polar surface area (TPSA) is 0 Å². The van der Waals surface area contributed by atoms with Gasteiger partial charge in [0.05, 0.1) is 0 Å². The maximum absolute atomic E-state index is 2.30. The third kappa shape index (κ3) is 2.37. The molecule has 1 aliphatic carbocycles. The van der Waals surface area contributed by atoms with Gasteiger partial charge in [0.15, 0.2) is 0 Å². The second-order valence-electron chi connectivity index (χ2n) is 3.64. The summed E-state index contributed by atoms with van der Waals surface area (Å²) in [5, 5.41) is 0. The van der Waals surface area contributed by atoms with Crippen LogP contribution in [0.2, 0.25) is 0 Å². The van der Waals surface area contributed by atoms with Crippen LogP contribution in [0.25, 0.3) is 0 Å². The van der Waals surface area contributed by atoms with Gasteiger partial charge in [0.25, 0.3) is 0 Å². The minimum absolute atomic E-state index is 0.637. The molecule has 0 nitrogen and oxygen atoms in total. The molecule has 0 saturated heterocycles. The van der Waals surface area contributed by atoms with E-state index in [4.69, 9.17) is 0 Å². The molecule has 0 radical (unpaired) electrons. The normalized spacial score (nSPS) is 22.7. The SMILES string of the molecule is CCC1C=CC=C(C(C)C)C=C1. The highest BCUT2D eigenvalue weighted by Crippen LogP contribution is 2.17. The molecule has 0 spiro atoms. The zero-order valence-corrected chi connectivity index (χ0v) is 8.25. The average molecular weight is 162 g/mol. The molecule has 0 heterocycles. The summed E-state index contributed by atoms with van der Waals surface area (Å²) in [6, 6.07) is 0. The van der Waals surface area contributed by atoms with E-state index < -0.39 is 0 Å². The molecule has 1 atom stereocenters. The summed E-state index contributed by atoms with van der Waals surface area (Å²) in [5.41, 5.74) is 1.43. The molecule has 0 amide bonds. The van der Waals surface area contributed by atoms with E-state index in [1.165, 1.54) is 12.0 Å². The summed E-state index contributed by atoms with van der Waals surface area (Å²) in [5.74, 6) is 1.28. The molecule has 0 N–H and O–H groups in total. The van der Waals surface area contributed by atoms with Crippen molar-refractivity contribution >= 4 is 0 Å². The van der Waals surface area contributed by atoms with Crippen molar-refractivity contribution in [3.63, 3.8) is 0 Å². The van der Waals surface area contributed by atoms with Gasteiger partial charge < -0.3 is 0 Å². The Labute approximate surface area is 75.7 Å². The Morgan fingerprint density at radius 2 is 2.08 bits per heavy atom. The van der Waals surface area contributed by atoms with E-state index in [2.05, 4.69) is 51.2 Å². The summed E-state index contributed by atoms with van der Waals surface area (Å²) in [7, 11) is 0. The van der Waals surface area contributed by atoms with Gasteiger partial charge in [0, 0.05) is 0 Å². The molecule has 0 aromatic rings. The van der Waals surface area contributed by atoms with Gasteiger partial charge in [-0.25, -0.2) is 0 Å². The Bertz CT molecular complexity index is 216. The van der Waals surface area contributed by atoms with Crippen LogP contribution in [0.1, 0.15) is 27.2 Å². The van der Waals surface area contributed by atoms with Gasteiger partial charge in [-0.2, -0.15) is 0 Å². The smallest absolute Gasteiger partial charge is 0.00498 e. The fourth-order valence-corrected chi connectivity index (χ4v) is 1.32. The first-order chi connectivity index (χ1) is 5.74. The predicted molar refractivity (Wildman–Crippen MR) is 55.0 cm³/mol. The highest BCUT2D eigenvalue weighted by atomic mass is 14.1. The molecule has 0 aromatic heterocycles. The highest BCUT2D eigenvalue weighted by Gasteiger charge is 2.02. The zero-order valence-electron chi connectivity index (χ0n) is 8.25. The number of hydrogen-bond acceptors (Lipinski definition) is 0. The van der Waals surface area contributed by atoms with Crippen LogP contribution in [0, 0.1) is 11.8 Å². The summed E-state index contributed by atoms with van der Waals surface area (Å²) in [6.07, 6.45) is 12.4. The van der Waals surface area contributed by atoms with Gasteiger partial charge in [-0.3, -0.25) is 0 Å². The molecular formula is C12H18. The summed E-state index contributed by atoms with van der Waals surface area (Å²) >= 11 is 0. The van der Waals surface area contributed by atoms with Crippen molar-refractivity contribution in [1.82, 2.24) is 0 Å². The van der Waals surface area contributed by atoms with Gasteiger partial charge in [-0.05, 0) is 23.8 Å². The van der Waals surface area contributed by atoms with Crippen molar-refractivity contribution in [2.75, 3.05) is 0 Å². The average Bonchev–Trinajstić information content (AvgIpc) is 2.28.